The van der Waals surface area contributed by atoms with E-state index in [1.807, 2.05) is 32.0 Å². The molecule has 5 nitrogen and oxygen atoms in total. The van der Waals surface area contributed by atoms with Crippen LogP contribution in [0.25, 0.3) is 0 Å². The molecule has 1 aliphatic rings. The largest absolute Gasteiger partial charge is 0.370 e. The van der Waals surface area contributed by atoms with E-state index in [1.165, 1.54) is 0 Å². The van der Waals surface area contributed by atoms with Crippen molar-refractivity contribution in [1.82, 2.24) is 15.2 Å². The molecule has 0 aliphatic carbocycles. The third-order valence-corrected chi connectivity index (χ3v) is 4.13. The molecule has 1 aromatic heterocycles. The van der Waals surface area contributed by atoms with Crippen LogP contribution < -0.4 is 10.6 Å². The minimum Gasteiger partial charge on any atom is -0.370 e. The van der Waals surface area contributed by atoms with Crippen molar-refractivity contribution >= 4 is 11.7 Å². The quantitative estimate of drug-likeness (QED) is 0.754. The number of nitrogens with zero attached hydrogens (tertiary/aromatic N) is 2. The third kappa shape index (κ3) is 4.56. The molecule has 22 heavy (non-hydrogen) atoms. The summed E-state index contributed by atoms with van der Waals surface area (Å²) < 4.78 is 0. The second-order valence-corrected chi connectivity index (χ2v) is 5.90. The van der Waals surface area contributed by atoms with E-state index in [1.54, 1.807) is 6.08 Å². The van der Waals surface area contributed by atoms with Gasteiger partial charge in [0.1, 0.15) is 5.82 Å². The van der Waals surface area contributed by atoms with Gasteiger partial charge in [0.05, 0.1) is 6.04 Å². The molecular formula is C17H26N4O. The Morgan fingerprint density at radius 1 is 1.59 bits per heavy atom. The lowest BCUT2D eigenvalue weighted by Gasteiger charge is -2.23. The number of nitrogens with one attached hydrogen (secondary N) is 2. The van der Waals surface area contributed by atoms with Crippen LogP contribution in [0.5, 0.6) is 0 Å². The molecular weight excluding hydrogens is 276 g/mol. The number of pyridine rings is 1. The molecule has 1 amide bonds. The number of hydrogen-bond acceptors (Lipinski definition) is 4. The first-order valence-electron chi connectivity index (χ1n) is 7.90. The normalized spacial score (nSPS) is 19.6. The van der Waals surface area contributed by atoms with Crippen LogP contribution in [-0.4, -0.2) is 48.0 Å². The van der Waals surface area contributed by atoms with Crippen molar-refractivity contribution < 1.29 is 4.79 Å². The molecule has 5 heteroatoms. The highest BCUT2D eigenvalue weighted by Crippen LogP contribution is 2.19. The summed E-state index contributed by atoms with van der Waals surface area (Å²) in [6, 6.07) is 5.91. The highest BCUT2D eigenvalue weighted by molar-refractivity contribution is 5.81. The molecule has 2 rings (SSSR count). The lowest BCUT2D eigenvalue weighted by Crippen LogP contribution is -2.44. The summed E-state index contributed by atoms with van der Waals surface area (Å²) in [5, 5.41) is 6.26. The summed E-state index contributed by atoms with van der Waals surface area (Å²) >= 11 is 0. The number of likely N-dealkylation sites (tertiary alicyclic amines) is 1. The fraction of sp³-hybridized carbons (Fsp3) is 0.529. The van der Waals surface area contributed by atoms with E-state index in [4.69, 9.17) is 0 Å². The van der Waals surface area contributed by atoms with Gasteiger partial charge in [-0.1, -0.05) is 12.1 Å². The molecule has 2 atom stereocenters. The summed E-state index contributed by atoms with van der Waals surface area (Å²) in [5.41, 5.74) is 1.02. The van der Waals surface area contributed by atoms with Gasteiger partial charge in [0.2, 0.25) is 5.91 Å². The number of aryl methyl sites for hydroxylation is 1. The fourth-order valence-corrected chi connectivity index (χ4v) is 2.76. The van der Waals surface area contributed by atoms with Gasteiger partial charge >= 0.3 is 0 Å². The maximum absolute atomic E-state index is 12.0. The van der Waals surface area contributed by atoms with Crippen molar-refractivity contribution in [1.29, 1.82) is 0 Å². The second-order valence-electron chi connectivity index (χ2n) is 5.90. The first kappa shape index (κ1) is 16.5. The predicted molar refractivity (Wildman–Crippen MR) is 89.8 cm³/mol. The van der Waals surface area contributed by atoms with Crippen LogP contribution >= 0.6 is 0 Å². The Bertz CT molecular complexity index is 517. The van der Waals surface area contributed by atoms with E-state index in [0.29, 0.717) is 12.5 Å². The van der Waals surface area contributed by atoms with E-state index in [9.17, 15) is 4.79 Å². The van der Waals surface area contributed by atoms with Gasteiger partial charge in [-0.05, 0) is 44.9 Å². The Morgan fingerprint density at radius 2 is 2.41 bits per heavy atom. The fourth-order valence-electron chi connectivity index (χ4n) is 2.76. The molecule has 1 saturated heterocycles. The molecule has 1 aliphatic heterocycles. The number of carbonyl (C=O) groups is 1. The Kier molecular flexibility index (Phi) is 5.95. The van der Waals surface area contributed by atoms with Gasteiger partial charge in [0.25, 0.3) is 0 Å². The number of amides is 1. The molecule has 0 radical (unpaired) electrons. The molecule has 1 fully saturated rings. The van der Waals surface area contributed by atoms with Gasteiger partial charge < -0.3 is 10.6 Å². The minimum atomic E-state index is -0.0814. The summed E-state index contributed by atoms with van der Waals surface area (Å²) in [7, 11) is 0. The Hall–Kier alpha value is -1.88. The smallest absolute Gasteiger partial charge is 0.237 e. The van der Waals surface area contributed by atoms with Crippen molar-refractivity contribution in [3.63, 3.8) is 0 Å². The lowest BCUT2D eigenvalue weighted by molar-refractivity contribution is -0.125. The van der Waals surface area contributed by atoms with Crippen molar-refractivity contribution in [3.8, 4) is 0 Å². The monoisotopic (exact) mass is 302 g/mol. The van der Waals surface area contributed by atoms with Crippen molar-refractivity contribution in [3.05, 3.63) is 36.5 Å². The van der Waals surface area contributed by atoms with Gasteiger partial charge in [-0.15, -0.1) is 6.58 Å². The highest BCUT2D eigenvalue weighted by atomic mass is 16.2. The Balaban J connectivity index is 1.77. The van der Waals surface area contributed by atoms with Gasteiger partial charge in [-0.3, -0.25) is 9.69 Å². The SMILES string of the molecule is C=CCNC(=O)C(C)N1CCC(CNc2cccc(C)n2)C1. The zero-order chi connectivity index (χ0) is 15.9. The molecule has 120 valence electrons. The molecule has 0 spiro atoms. The van der Waals surface area contributed by atoms with Crippen LogP contribution in [0.3, 0.4) is 0 Å². The maximum Gasteiger partial charge on any atom is 0.237 e. The molecule has 0 saturated carbocycles. The summed E-state index contributed by atoms with van der Waals surface area (Å²) in [5.74, 6) is 1.56. The van der Waals surface area contributed by atoms with Crippen molar-refractivity contribution in [2.24, 2.45) is 5.92 Å². The Morgan fingerprint density at radius 3 is 3.14 bits per heavy atom. The number of carbonyl (C=O) groups excluding carboxylic acids is 1. The molecule has 2 unspecified atom stereocenters. The lowest BCUT2D eigenvalue weighted by atomic mass is 10.1. The standard InChI is InChI=1S/C17H26N4O/c1-4-9-18-17(22)14(3)21-10-8-15(12-21)11-19-16-7-5-6-13(2)20-16/h4-7,14-15H,1,8-12H2,2-3H3,(H,18,22)(H,19,20). The summed E-state index contributed by atoms with van der Waals surface area (Å²) in [4.78, 5) is 18.7. The van der Waals surface area contributed by atoms with Crippen LogP contribution in [0.2, 0.25) is 0 Å². The van der Waals surface area contributed by atoms with Crippen molar-refractivity contribution in [2.75, 3.05) is 31.5 Å². The first-order chi connectivity index (χ1) is 10.6. The first-order valence-corrected chi connectivity index (χ1v) is 7.90. The number of aromatic nitrogens is 1. The van der Waals surface area contributed by atoms with Crippen LogP contribution in [-0.2, 0) is 4.79 Å². The van der Waals surface area contributed by atoms with Crippen LogP contribution in [0.1, 0.15) is 19.0 Å². The minimum absolute atomic E-state index is 0.0776. The van der Waals surface area contributed by atoms with Gasteiger partial charge in [0, 0.05) is 25.3 Å². The molecule has 2 heterocycles. The molecule has 0 bridgehead atoms. The third-order valence-electron chi connectivity index (χ3n) is 4.13. The number of hydrogen-bond donors (Lipinski definition) is 2. The number of rotatable bonds is 7. The zero-order valence-corrected chi connectivity index (χ0v) is 13.5. The van der Waals surface area contributed by atoms with Crippen molar-refractivity contribution in [2.45, 2.75) is 26.3 Å². The second kappa shape index (κ2) is 7.94. The van der Waals surface area contributed by atoms with E-state index >= 15 is 0 Å². The van der Waals surface area contributed by atoms with E-state index < -0.39 is 0 Å². The van der Waals surface area contributed by atoms with E-state index in [0.717, 1.165) is 37.6 Å². The average molecular weight is 302 g/mol. The highest BCUT2D eigenvalue weighted by Gasteiger charge is 2.29. The van der Waals surface area contributed by atoms with E-state index in [-0.39, 0.29) is 11.9 Å². The topological polar surface area (TPSA) is 57.3 Å². The van der Waals surface area contributed by atoms with Gasteiger partial charge in [-0.2, -0.15) is 0 Å². The van der Waals surface area contributed by atoms with Crippen LogP contribution in [0.15, 0.2) is 30.9 Å². The van der Waals surface area contributed by atoms with Crippen LogP contribution in [0.4, 0.5) is 5.82 Å². The number of anilines is 1. The average Bonchev–Trinajstić information content (AvgIpc) is 2.99. The van der Waals surface area contributed by atoms with Gasteiger partial charge in [0.15, 0.2) is 0 Å². The maximum atomic E-state index is 12.0. The summed E-state index contributed by atoms with van der Waals surface area (Å²) in [6.07, 6.45) is 2.81. The molecule has 2 N–H and O–H groups in total. The summed E-state index contributed by atoms with van der Waals surface area (Å²) in [6.45, 7) is 10.9. The van der Waals surface area contributed by atoms with Crippen LogP contribution in [0, 0.1) is 12.8 Å². The zero-order valence-electron chi connectivity index (χ0n) is 13.5. The Labute approximate surface area is 132 Å². The molecule has 1 aromatic rings. The molecule has 0 aromatic carbocycles. The predicted octanol–water partition coefficient (Wildman–Crippen LogP) is 1.81. The van der Waals surface area contributed by atoms with E-state index in [2.05, 4.69) is 27.1 Å². The van der Waals surface area contributed by atoms with Gasteiger partial charge in [-0.25, -0.2) is 4.98 Å².